The van der Waals surface area contributed by atoms with Crippen LogP contribution in [0.3, 0.4) is 0 Å². The van der Waals surface area contributed by atoms with Crippen LogP contribution >= 0.6 is 0 Å². The van der Waals surface area contributed by atoms with Gasteiger partial charge in [-0.25, -0.2) is 14.4 Å². The standard InChI is InChI=1S/C20H22FN3O3/c1-26-17-7-3-2-6-16(17)20(8-9-20)18(25)24-10-4-5-15(13-24)27-19-22-11-14(21)12-23-19/h2-3,6-7,11-12,15H,4-5,8-10,13H2,1H3. The van der Waals surface area contributed by atoms with Crippen molar-refractivity contribution in [2.24, 2.45) is 0 Å². The highest BCUT2D eigenvalue weighted by Gasteiger charge is 2.54. The monoisotopic (exact) mass is 371 g/mol. The number of halogens is 1. The van der Waals surface area contributed by atoms with Crippen LogP contribution < -0.4 is 9.47 Å². The van der Waals surface area contributed by atoms with Gasteiger partial charge in [0, 0.05) is 12.1 Å². The van der Waals surface area contributed by atoms with Gasteiger partial charge in [0.1, 0.15) is 11.9 Å². The van der Waals surface area contributed by atoms with Crippen LogP contribution in [0.1, 0.15) is 31.2 Å². The fourth-order valence-electron chi connectivity index (χ4n) is 3.80. The predicted molar refractivity (Wildman–Crippen MR) is 96.1 cm³/mol. The third-order valence-corrected chi connectivity index (χ3v) is 5.32. The quantitative estimate of drug-likeness (QED) is 0.809. The van der Waals surface area contributed by atoms with E-state index in [9.17, 15) is 9.18 Å². The third-order valence-electron chi connectivity index (χ3n) is 5.32. The van der Waals surface area contributed by atoms with Crippen LogP contribution in [-0.2, 0) is 10.2 Å². The maximum Gasteiger partial charge on any atom is 0.316 e. The summed E-state index contributed by atoms with van der Waals surface area (Å²) in [4.78, 5) is 22.9. The van der Waals surface area contributed by atoms with Crippen molar-refractivity contribution in [1.29, 1.82) is 0 Å². The Labute approximate surface area is 157 Å². The third kappa shape index (κ3) is 3.46. The minimum atomic E-state index is -0.504. The van der Waals surface area contributed by atoms with E-state index in [0.29, 0.717) is 13.1 Å². The molecule has 4 rings (SSSR count). The summed E-state index contributed by atoms with van der Waals surface area (Å²) in [5.74, 6) is 0.378. The SMILES string of the molecule is COc1ccccc1C1(C(=O)N2CCCC(Oc3ncc(F)cn3)C2)CC1. The summed E-state index contributed by atoms with van der Waals surface area (Å²) in [7, 11) is 1.63. The highest BCUT2D eigenvalue weighted by Crippen LogP contribution is 2.52. The molecule has 7 heteroatoms. The van der Waals surface area contributed by atoms with E-state index in [1.54, 1.807) is 7.11 Å². The van der Waals surface area contributed by atoms with Crippen molar-refractivity contribution in [3.05, 3.63) is 48.0 Å². The van der Waals surface area contributed by atoms with Crippen LogP contribution in [0, 0.1) is 5.82 Å². The average molecular weight is 371 g/mol. The number of methoxy groups -OCH3 is 1. The van der Waals surface area contributed by atoms with Gasteiger partial charge in [-0.15, -0.1) is 0 Å². The summed E-state index contributed by atoms with van der Waals surface area (Å²) >= 11 is 0. The molecule has 2 aliphatic rings. The number of piperidine rings is 1. The zero-order valence-corrected chi connectivity index (χ0v) is 15.2. The van der Waals surface area contributed by atoms with Crippen molar-refractivity contribution in [3.8, 4) is 11.8 Å². The molecule has 2 fully saturated rings. The number of aromatic nitrogens is 2. The lowest BCUT2D eigenvalue weighted by molar-refractivity contribution is -0.136. The van der Waals surface area contributed by atoms with Crippen molar-refractivity contribution in [2.75, 3.05) is 20.2 Å². The first-order chi connectivity index (χ1) is 13.1. The highest BCUT2D eigenvalue weighted by atomic mass is 19.1. The van der Waals surface area contributed by atoms with E-state index in [1.165, 1.54) is 0 Å². The van der Waals surface area contributed by atoms with E-state index < -0.39 is 11.2 Å². The van der Waals surface area contributed by atoms with Crippen molar-refractivity contribution in [2.45, 2.75) is 37.2 Å². The van der Waals surface area contributed by atoms with Gasteiger partial charge >= 0.3 is 6.01 Å². The molecule has 0 radical (unpaired) electrons. The van der Waals surface area contributed by atoms with E-state index in [1.807, 2.05) is 29.2 Å². The minimum Gasteiger partial charge on any atom is -0.496 e. The fourth-order valence-corrected chi connectivity index (χ4v) is 3.80. The zero-order valence-electron chi connectivity index (χ0n) is 15.2. The summed E-state index contributed by atoms with van der Waals surface area (Å²) in [5.41, 5.74) is 0.475. The van der Waals surface area contributed by atoms with Gasteiger partial charge in [-0.2, -0.15) is 0 Å². The maximum atomic E-state index is 13.3. The largest absolute Gasteiger partial charge is 0.496 e. The number of likely N-dealkylation sites (tertiary alicyclic amines) is 1. The van der Waals surface area contributed by atoms with Crippen LogP contribution in [0.5, 0.6) is 11.8 Å². The molecular formula is C20H22FN3O3. The molecule has 0 N–H and O–H groups in total. The van der Waals surface area contributed by atoms with E-state index in [2.05, 4.69) is 9.97 Å². The number of para-hydroxylation sites is 1. The van der Waals surface area contributed by atoms with E-state index in [-0.39, 0.29) is 18.0 Å². The Hall–Kier alpha value is -2.70. The van der Waals surface area contributed by atoms with Crippen LogP contribution in [0.2, 0.25) is 0 Å². The lowest BCUT2D eigenvalue weighted by Crippen LogP contribution is -2.48. The van der Waals surface area contributed by atoms with Crippen molar-refractivity contribution < 1.29 is 18.7 Å². The number of hydrogen-bond acceptors (Lipinski definition) is 5. The zero-order chi connectivity index (χ0) is 18.9. The average Bonchev–Trinajstić information content (AvgIpc) is 3.51. The van der Waals surface area contributed by atoms with Crippen molar-refractivity contribution in [1.82, 2.24) is 14.9 Å². The Morgan fingerprint density at radius 1 is 1.26 bits per heavy atom. The molecule has 1 unspecified atom stereocenters. The first kappa shape index (κ1) is 17.7. The maximum absolute atomic E-state index is 13.3. The lowest BCUT2D eigenvalue weighted by Gasteiger charge is -2.35. The molecule has 27 heavy (non-hydrogen) atoms. The number of carbonyl (C=O) groups excluding carboxylic acids is 1. The van der Waals surface area contributed by atoms with Gasteiger partial charge < -0.3 is 14.4 Å². The molecule has 1 amide bonds. The second kappa shape index (κ2) is 7.13. The van der Waals surface area contributed by atoms with E-state index >= 15 is 0 Å². The fraction of sp³-hybridized carbons (Fsp3) is 0.450. The molecule has 1 aromatic heterocycles. The molecule has 6 nitrogen and oxygen atoms in total. The normalized spacial score (nSPS) is 20.8. The van der Waals surface area contributed by atoms with Crippen LogP contribution in [-0.4, -0.2) is 47.1 Å². The topological polar surface area (TPSA) is 64.5 Å². The summed E-state index contributed by atoms with van der Waals surface area (Å²) in [6.07, 6.45) is 5.28. The van der Waals surface area contributed by atoms with Gasteiger partial charge in [-0.05, 0) is 31.7 Å². The second-order valence-electron chi connectivity index (χ2n) is 7.10. The Morgan fingerprint density at radius 3 is 2.70 bits per heavy atom. The number of benzene rings is 1. The van der Waals surface area contributed by atoms with Gasteiger partial charge in [-0.3, -0.25) is 4.79 Å². The molecule has 1 saturated carbocycles. The van der Waals surface area contributed by atoms with Crippen molar-refractivity contribution in [3.63, 3.8) is 0 Å². The van der Waals surface area contributed by atoms with Gasteiger partial charge in [0.2, 0.25) is 5.91 Å². The lowest BCUT2D eigenvalue weighted by atomic mass is 9.92. The van der Waals surface area contributed by atoms with E-state index in [4.69, 9.17) is 9.47 Å². The van der Waals surface area contributed by atoms with Crippen LogP contribution in [0.25, 0.3) is 0 Å². The number of hydrogen-bond donors (Lipinski definition) is 0. The van der Waals surface area contributed by atoms with Gasteiger partial charge in [0.05, 0.1) is 31.5 Å². The van der Waals surface area contributed by atoms with Crippen LogP contribution in [0.15, 0.2) is 36.7 Å². The smallest absolute Gasteiger partial charge is 0.316 e. The Bertz CT molecular complexity index is 823. The molecule has 142 valence electrons. The molecular weight excluding hydrogens is 349 g/mol. The second-order valence-corrected chi connectivity index (χ2v) is 7.10. The molecule has 1 aliphatic carbocycles. The van der Waals surface area contributed by atoms with Crippen molar-refractivity contribution >= 4 is 5.91 Å². The number of rotatable bonds is 5. The summed E-state index contributed by atoms with van der Waals surface area (Å²) in [6.45, 7) is 1.19. The van der Waals surface area contributed by atoms with Gasteiger partial charge in [0.15, 0.2) is 5.82 Å². The molecule has 2 aromatic rings. The molecule has 0 spiro atoms. The first-order valence-electron chi connectivity index (χ1n) is 9.19. The molecule has 1 aromatic carbocycles. The number of amides is 1. The summed E-state index contributed by atoms with van der Waals surface area (Å²) in [5, 5.41) is 0. The Balaban J connectivity index is 1.48. The molecule has 1 saturated heterocycles. The first-order valence-corrected chi connectivity index (χ1v) is 9.19. The minimum absolute atomic E-state index is 0.125. The number of nitrogens with zero attached hydrogens (tertiary/aromatic N) is 3. The van der Waals surface area contributed by atoms with E-state index in [0.717, 1.165) is 49.4 Å². The summed E-state index contributed by atoms with van der Waals surface area (Å²) < 4.78 is 24.2. The number of carbonyl (C=O) groups is 1. The number of ether oxygens (including phenoxy) is 2. The summed E-state index contributed by atoms with van der Waals surface area (Å²) in [6, 6.07) is 7.88. The molecule has 2 heterocycles. The molecule has 0 bridgehead atoms. The van der Waals surface area contributed by atoms with Crippen LogP contribution in [0.4, 0.5) is 4.39 Å². The Morgan fingerprint density at radius 2 is 2.00 bits per heavy atom. The van der Waals surface area contributed by atoms with Gasteiger partial charge in [0.25, 0.3) is 0 Å². The molecule has 1 atom stereocenters. The highest BCUT2D eigenvalue weighted by molar-refractivity contribution is 5.92. The predicted octanol–water partition coefficient (Wildman–Crippen LogP) is 2.73. The Kier molecular flexibility index (Phi) is 4.68. The van der Waals surface area contributed by atoms with Gasteiger partial charge in [-0.1, -0.05) is 18.2 Å². The molecule has 1 aliphatic heterocycles.